The zero-order valence-electron chi connectivity index (χ0n) is 13.0. The Morgan fingerprint density at radius 2 is 2.27 bits per heavy atom. The maximum absolute atomic E-state index is 5.66. The van der Waals surface area contributed by atoms with Gasteiger partial charge < -0.3 is 19.9 Å². The molecule has 1 aromatic heterocycles. The molecular weight excluding hydrogens is 296 g/mol. The summed E-state index contributed by atoms with van der Waals surface area (Å²) in [5, 5.41) is 6.99. The Morgan fingerprint density at radius 3 is 3.00 bits per heavy atom. The number of aromatic nitrogens is 2. The first-order chi connectivity index (χ1) is 10.6. The molecule has 5 nitrogen and oxygen atoms in total. The first-order valence-corrected chi connectivity index (χ1v) is 7.81. The minimum atomic E-state index is 0.156. The molecule has 2 rings (SSSR count). The maximum Gasteiger partial charge on any atom is 0.170 e. The van der Waals surface area contributed by atoms with E-state index in [-0.39, 0.29) is 6.10 Å². The number of imidazole rings is 1. The number of rotatable bonds is 7. The number of hydrogen-bond donors (Lipinski definition) is 2. The number of nitrogens with zero attached hydrogens (tertiary/aromatic N) is 2. The number of aryl methyl sites for hydroxylation is 1. The lowest BCUT2D eigenvalue weighted by molar-refractivity contribution is 0.242. The van der Waals surface area contributed by atoms with Crippen LogP contribution in [0.4, 0.5) is 5.69 Å². The molecule has 0 saturated heterocycles. The molecule has 2 aromatic rings. The van der Waals surface area contributed by atoms with Crippen LogP contribution in [0.5, 0.6) is 5.75 Å². The molecule has 0 radical (unpaired) electrons. The number of anilines is 1. The van der Waals surface area contributed by atoms with Crippen LogP contribution in [0.1, 0.15) is 20.3 Å². The standard InChI is InChI=1S/C16H22N4OS/c1-13(2)21-15-6-3-5-14(11-15)19-16(22)18-7-4-9-20-10-8-17-12-20/h3,5-6,8,10-13H,4,7,9H2,1-2H3,(H2,18,19,22). The number of ether oxygens (including phenoxy) is 1. The second-order valence-corrected chi connectivity index (χ2v) is 5.64. The summed E-state index contributed by atoms with van der Waals surface area (Å²) in [6, 6.07) is 7.79. The molecule has 0 bridgehead atoms. The molecule has 1 heterocycles. The molecule has 1 aromatic carbocycles. The van der Waals surface area contributed by atoms with E-state index in [2.05, 4.69) is 15.6 Å². The van der Waals surface area contributed by atoms with Crippen molar-refractivity contribution in [2.24, 2.45) is 0 Å². The molecule has 0 spiro atoms. The number of hydrogen-bond acceptors (Lipinski definition) is 3. The molecule has 6 heteroatoms. The van der Waals surface area contributed by atoms with Gasteiger partial charge >= 0.3 is 0 Å². The molecule has 2 N–H and O–H groups in total. The van der Waals surface area contributed by atoms with Crippen molar-refractivity contribution < 1.29 is 4.74 Å². The third kappa shape index (κ3) is 5.73. The van der Waals surface area contributed by atoms with Crippen molar-refractivity contribution in [3.63, 3.8) is 0 Å². The summed E-state index contributed by atoms with van der Waals surface area (Å²) < 4.78 is 7.71. The van der Waals surface area contributed by atoms with Crippen LogP contribution >= 0.6 is 12.2 Å². The third-order valence-corrected chi connectivity index (χ3v) is 3.15. The Kier molecular flexibility index (Phi) is 6.21. The second-order valence-electron chi connectivity index (χ2n) is 5.23. The molecule has 0 unspecified atom stereocenters. The van der Waals surface area contributed by atoms with E-state index >= 15 is 0 Å². The predicted molar refractivity (Wildman–Crippen MR) is 93.3 cm³/mol. The van der Waals surface area contributed by atoms with Gasteiger partial charge in [-0.05, 0) is 44.6 Å². The zero-order chi connectivity index (χ0) is 15.8. The van der Waals surface area contributed by atoms with E-state index in [1.807, 2.05) is 55.2 Å². The molecule has 118 valence electrons. The van der Waals surface area contributed by atoms with Crippen molar-refractivity contribution in [1.29, 1.82) is 0 Å². The van der Waals surface area contributed by atoms with E-state index in [1.54, 1.807) is 6.20 Å². The van der Waals surface area contributed by atoms with Crippen LogP contribution in [0.25, 0.3) is 0 Å². The molecule has 0 saturated carbocycles. The van der Waals surface area contributed by atoms with Crippen LogP contribution in [-0.4, -0.2) is 27.3 Å². The summed E-state index contributed by atoms with van der Waals surface area (Å²) in [7, 11) is 0. The molecule has 0 amide bonds. The van der Waals surface area contributed by atoms with Gasteiger partial charge in [0.25, 0.3) is 0 Å². The quantitative estimate of drug-likeness (QED) is 0.607. The fourth-order valence-corrected chi connectivity index (χ4v) is 2.20. The highest BCUT2D eigenvalue weighted by molar-refractivity contribution is 7.80. The molecule has 0 atom stereocenters. The van der Waals surface area contributed by atoms with Gasteiger partial charge in [0.05, 0.1) is 12.4 Å². The maximum atomic E-state index is 5.66. The Morgan fingerprint density at radius 1 is 1.41 bits per heavy atom. The number of thiocarbonyl (C=S) groups is 1. The van der Waals surface area contributed by atoms with Gasteiger partial charge in [-0.25, -0.2) is 4.98 Å². The molecule has 0 aliphatic rings. The fourth-order valence-electron chi connectivity index (χ4n) is 1.98. The van der Waals surface area contributed by atoms with Crippen molar-refractivity contribution in [3.05, 3.63) is 43.0 Å². The van der Waals surface area contributed by atoms with Crippen LogP contribution < -0.4 is 15.4 Å². The highest BCUT2D eigenvalue weighted by Crippen LogP contribution is 2.18. The van der Waals surface area contributed by atoms with Crippen molar-refractivity contribution in [2.45, 2.75) is 32.9 Å². The second kappa shape index (κ2) is 8.38. The highest BCUT2D eigenvalue weighted by Gasteiger charge is 2.01. The fraction of sp³-hybridized carbons (Fsp3) is 0.375. The average Bonchev–Trinajstić information content (AvgIpc) is 2.96. The van der Waals surface area contributed by atoms with Crippen molar-refractivity contribution >= 4 is 23.0 Å². The van der Waals surface area contributed by atoms with E-state index in [9.17, 15) is 0 Å². The first-order valence-electron chi connectivity index (χ1n) is 7.41. The lowest BCUT2D eigenvalue weighted by Gasteiger charge is -2.13. The van der Waals surface area contributed by atoms with E-state index in [4.69, 9.17) is 17.0 Å². The van der Waals surface area contributed by atoms with Gasteiger partial charge in [0, 0.05) is 37.2 Å². The Labute approximate surface area is 136 Å². The minimum absolute atomic E-state index is 0.156. The monoisotopic (exact) mass is 318 g/mol. The summed E-state index contributed by atoms with van der Waals surface area (Å²) in [5.74, 6) is 0.836. The smallest absolute Gasteiger partial charge is 0.170 e. The normalized spacial score (nSPS) is 10.5. The number of nitrogens with one attached hydrogen (secondary N) is 2. The van der Waals surface area contributed by atoms with Crippen LogP contribution in [0.3, 0.4) is 0 Å². The van der Waals surface area contributed by atoms with Crippen molar-refractivity contribution in [1.82, 2.24) is 14.9 Å². The lowest BCUT2D eigenvalue weighted by Crippen LogP contribution is -2.29. The van der Waals surface area contributed by atoms with Crippen molar-refractivity contribution in [2.75, 3.05) is 11.9 Å². The van der Waals surface area contributed by atoms with Crippen molar-refractivity contribution in [3.8, 4) is 5.75 Å². The average molecular weight is 318 g/mol. The summed E-state index contributed by atoms with van der Waals surface area (Å²) in [6.07, 6.45) is 6.69. The van der Waals surface area contributed by atoms with Gasteiger partial charge in [0.15, 0.2) is 5.11 Å². The minimum Gasteiger partial charge on any atom is -0.491 e. The van der Waals surface area contributed by atoms with E-state index in [1.165, 1.54) is 0 Å². The van der Waals surface area contributed by atoms with Gasteiger partial charge in [0.1, 0.15) is 5.75 Å². The highest BCUT2D eigenvalue weighted by atomic mass is 32.1. The van der Waals surface area contributed by atoms with E-state index in [0.29, 0.717) is 5.11 Å². The number of benzene rings is 1. The lowest BCUT2D eigenvalue weighted by atomic mass is 10.3. The summed E-state index contributed by atoms with van der Waals surface area (Å²) >= 11 is 5.30. The van der Waals surface area contributed by atoms with Gasteiger partial charge in [-0.15, -0.1) is 0 Å². The van der Waals surface area contributed by atoms with Gasteiger partial charge in [-0.3, -0.25) is 0 Å². The van der Waals surface area contributed by atoms with E-state index in [0.717, 1.165) is 30.9 Å². The van der Waals surface area contributed by atoms with Crippen LogP contribution in [0, 0.1) is 0 Å². The van der Waals surface area contributed by atoms with Gasteiger partial charge in [-0.2, -0.15) is 0 Å². The van der Waals surface area contributed by atoms with Crippen LogP contribution in [0.15, 0.2) is 43.0 Å². The SMILES string of the molecule is CC(C)Oc1cccc(NC(=S)NCCCn2ccnc2)c1. The first kappa shape index (κ1) is 16.3. The largest absolute Gasteiger partial charge is 0.491 e. The van der Waals surface area contributed by atoms with Gasteiger partial charge in [0.2, 0.25) is 0 Å². The summed E-state index contributed by atoms with van der Waals surface area (Å²) in [5.41, 5.74) is 0.922. The summed E-state index contributed by atoms with van der Waals surface area (Å²) in [4.78, 5) is 4.01. The zero-order valence-corrected chi connectivity index (χ0v) is 13.8. The predicted octanol–water partition coefficient (Wildman–Crippen LogP) is 3.05. The summed E-state index contributed by atoms with van der Waals surface area (Å²) in [6.45, 7) is 5.75. The van der Waals surface area contributed by atoms with Crippen LogP contribution in [-0.2, 0) is 6.54 Å². The molecule has 0 fully saturated rings. The molecular formula is C16H22N4OS. The van der Waals surface area contributed by atoms with Gasteiger partial charge in [-0.1, -0.05) is 6.07 Å². The van der Waals surface area contributed by atoms with Crippen LogP contribution in [0.2, 0.25) is 0 Å². The topological polar surface area (TPSA) is 51.1 Å². The molecule has 22 heavy (non-hydrogen) atoms. The Hall–Kier alpha value is -2.08. The Bertz CT molecular complexity index is 584. The molecule has 0 aliphatic heterocycles. The Balaban J connectivity index is 1.72. The molecule has 0 aliphatic carbocycles. The third-order valence-electron chi connectivity index (χ3n) is 2.90. The van der Waals surface area contributed by atoms with E-state index < -0.39 is 0 Å².